The maximum Gasteiger partial charge on any atom is 0.421 e. The van der Waals surface area contributed by atoms with E-state index in [0.717, 1.165) is 24.8 Å². The number of nitrogens with zero attached hydrogens (tertiary/aromatic N) is 2. The van der Waals surface area contributed by atoms with E-state index in [-0.39, 0.29) is 11.8 Å². The minimum atomic E-state index is -4.62. The molecule has 2 aromatic carbocycles. The number of alkyl halides is 3. The molecule has 3 aromatic rings. The van der Waals surface area contributed by atoms with Crippen molar-refractivity contribution in [3.63, 3.8) is 0 Å². The maximum atomic E-state index is 13.5. The van der Waals surface area contributed by atoms with E-state index in [0.29, 0.717) is 30.3 Å². The average molecular weight is 475 g/mol. The molecule has 2 N–H and O–H groups in total. The van der Waals surface area contributed by atoms with Crippen LogP contribution in [-0.2, 0) is 6.18 Å². The van der Waals surface area contributed by atoms with Gasteiger partial charge in [0.1, 0.15) is 22.9 Å². The van der Waals surface area contributed by atoms with Crippen LogP contribution in [-0.4, -0.2) is 23.2 Å². The first kappa shape index (κ1) is 25.1. The molecule has 3 rings (SSSR count). The summed E-state index contributed by atoms with van der Waals surface area (Å²) in [5.74, 6) is 0.948. The number of nitrogens with one attached hydrogen (secondary N) is 2. The van der Waals surface area contributed by atoms with Gasteiger partial charge in [0.25, 0.3) is 0 Å². The van der Waals surface area contributed by atoms with Gasteiger partial charge in [0.15, 0.2) is 0 Å². The number of halogens is 3. The maximum absolute atomic E-state index is 13.5. The summed E-state index contributed by atoms with van der Waals surface area (Å²) in [4.78, 5) is 7.93. The number of anilines is 4. The van der Waals surface area contributed by atoms with Crippen molar-refractivity contribution in [1.29, 1.82) is 0 Å². The van der Waals surface area contributed by atoms with Gasteiger partial charge in [0.05, 0.1) is 13.2 Å². The van der Waals surface area contributed by atoms with Crippen LogP contribution < -0.4 is 20.1 Å². The predicted molar refractivity (Wildman–Crippen MR) is 127 cm³/mol. The molecule has 0 saturated heterocycles. The largest absolute Gasteiger partial charge is 0.494 e. The molecule has 0 aliphatic heterocycles. The van der Waals surface area contributed by atoms with Gasteiger partial charge in [-0.05, 0) is 49.7 Å². The lowest BCUT2D eigenvalue weighted by Gasteiger charge is -2.15. The number of unbranched alkanes of at least 4 members (excludes halogenated alkanes) is 3. The van der Waals surface area contributed by atoms with Crippen molar-refractivity contribution in [3.8, 4) is 11.5 Å². The summed E-state index contributed by atoms with van der Waals surface area (Å²) >= 11 is 0. The highest BCUT2D eigenvalue weighted by Crippen LogP contribution is 2.35. The van der Waals surface area contributed by atoms with Crippen molar-refractivity contribution >= 4 is 23.1 Å². The molecule has 0 saturated carbocycles. The lowest BCUT2D eigenvalue weighted by Crippen LogP contribution is -2.12. The first-order valence-electron chi connectivity index (χ1n) is 11.3. The topological polar surface area (TPSA) is 68.3 Å². The summed E-state index contributed by atoms with van der Waals surface area (Å²) in [5.41, 5.74) is 0.0793. The molecule has 0 aliphatic rings. The van der Waals surface area contributed by atoms with Gasteiger partial charge in [-0.15, -0.1) is 0 Å². The third kappa shape index (κ3) is 7.54. The molecular weight excluding hydrogens is 445 g/mol. The fourth-order valence-corrected chi connectivity index (χ4v) is 3.19. The number of ether oxygens (including phenoxy) is 2. The molecule has 6 nitrogen and oxygen atoms in total. The summed E-state index contributed by atoms with van der Waals surface area (Å²) < 4.78 is 51.8. The first-order chi connectivity index (χ1) is 16.4. The Morgan fingerprint density at radius 1 is 0.853 bits per heavy atom. The Morgan fingerprint density at radius 3 is 2.35 bits per heavy atom. The number of benzene rings is 2. The van der Waals surface area contributed by atoms with Crippen LogP contribution in [0, 0.1) is 0 Å². The van der Waals surface area contributed by atoms with E-state index in [1.807, 2.05) is 6.92 Å². The molecule has 0 spiro atoms. The van der Waals surface area contributed by atoms with E-state index in [9.17, 15) is 13.2 Å². The first-order valence-corrected chi connectivity index (χ1v) is 11.3. The van der Waals surface area contributed by atoms with Crippen molar-refractivity contribution in [2.45, 2.75) is 45.7 Å². The standard InChI is InChI=1S/C25H29F3N4O2/c1-3-5-6-7-15-34-20-13-11-18(12-14-20)31-24-29-17-22(25(26,27)28)23(32-24)30-19-9-8-10-21(16-19)33-4-2/h8-14,16-17H,3-7,15H2,1-2H3,(H2,29,30,31,32). The molecule has 9 heteroatoms. The molecule has 34 heavy (non-hydrogen) atoms. The fourth-order valence-electron chi connectivity index (χ4n) is 3.19. The van der Waals surface area contributed by atoms with Crippen molar-refractivity contribution < 1.29 is 22.6 Å². The molecule has 0 radical (unpaired) electrons. The third-order valence-electron chi connectivity index (χ3n) is 4.88. The second-order valence-electron chi connectivity index (χ2n) is 7.60. The predicted octanol–water partition coefficient (Wildman–Crippen LogP) is 7.34. The van der Waals surface area contributed by atoms with Gasteiger partial charge >= 0.3 is 6.18 Å². The Morgan fingerprint density at radius 2 is 1.65 bits per heavy atom. The summed E-state index contributed by atoms with van der Waals surface area (Å²) in [6.07, 6.45) is 0.633. The van der Waals surface area contributed by atoms with Gasteiger partial charge in [-0.1, -0.05) is 32.3 Å². The van der Waals surface area contributed by atoms with Crippen molar-refractivity contribution in [2.75, 3.05) is 23.8 Å². The van der Waals surface area contributed by atoms with Gasteiger partial charge in [-0.3, -0.25) is 0 Å². The minimum absolute atomic E-state index is 0.0321. The summed E-state index contributed by atoms with van der Waals surface area (Å²) in [6.45, 7) is 5.08. The highest BCUT2D eigenvalue weighted by Gasteiger charge is 2.35. The number of hydrogen-bond donors (Lipinski definition) is 2. The molecule has 0 amide bonds. The zero-order valence-corrected chi connectivity index (χ0v) is 19.3. The van der Waals surface area contributed by atoms with Gasteiger partial charge in [0, 0.05) is 23.6 Å². The normalized spacial score (nSPS) is 11.2. The lowest BCUT2D eigenvalue weighted by atomic mass is 10.2. The van der Waals surface area contributed by atoms with Crippen molar-refractivity contribution in [3.05, 3.63) is 60.3 Å². The van der Waals surface area contributed by atoms with E-state index in [1.54, 1.807) is 48.5 Å². The van der Waals surface area contributed by atoms with E-state index >= 15 is 0 Å². The fraction of sp³-hybridized carbons (Fsp3) is 0.360. The number of hydrogen-bond acceptors (Lipinski definition) is 6. The molecule has 182 valence electrons. The Kier molecular flexibility index (Phi) is 8.95. The monoisotopic (exact) mass is 474 g/mol. The van der Waals surface area contributed by atoms with Gasteiger partial charge in [-0.2, -0.15) is 18.2 Å². The van der Waals surface area contributed by atoms with Crippen LogP contribution in [0.15, 0.2) is 54.7 Å². The van der Waals surface area contributed by atoms with Crippen LogP contribution >= 0.6 is 0 Å². The molecule has 1 heterocycles. The van der Waals surface area contributed by atoms with Gasteiger partial charge in [-0.25, -0.2) is 4.98 Å². The lowest BCUT2D eigenvalue weighted by molar-refractivity contribution is -0.137. The SMILES string of the molecule is CCCCCCOc1ccc(Nc2ncc(C(F)(F)F)c(Nc3cccc(OCC)c3)n2)cc1. The van der Waals surface area contributed by atoms with Gasteiger partial charge in [0.2, 0.25) is 5.95 Å². The summed E-state index contributed by atoms with van der Waals surface area (Å²) in [7, 11) is 0. The van der Waals surface area contributed by atoms with Crippen LogP contribution in [0.1, 0.15) is 45.1 Å². The second kappa shape index (κ2) is 12.1. The minimum Gasteiger partial charge on any atom is -0.494 e. The molecule has 0 fully saturated rings. The third-order valence-corrected chi connectivity index (χ3v) is 4.88. The number of rotatable bonds is 12. The molecule has 0 aliphatic carbocycles. The summed E-state index contributed by atoms with van der Waals surface area (Å²) in [6, 6.07) is 13.8. The Bertz CT molecular complexity index is 1040. The van der Waals surface area contributed by atoms with Crippen LogP contribution in [0.4, 0.5) is 36.3 Å². The number of aromatic nitrogens is 2. The summed E-state index contributed by atoms with van der Waals surface area (Å²) in [5, 5.41) is 5.68. The highest BCUT2D eigenvalue weighted by atomic mass is 19.4. The Balaban J connectivity index is 1.72. The molecule has 1 aromatic heterocycles. The smallest absolute Gasteiger partial charge is 0.421 e. The Labute approximate surface area is 197 Å². The molecule has 0 bridgehead atoms. The molecule has 0 atom stereocenters. The quantitative estimate of drug-likeness (QED) is 0.268. The van der Waals surface area contributed by atoms with E-state index in [2.05, 4.69) is 27.5 Å². The van der Waals surface area contributed by atoms with Crippen LogP contribution in [0.3, 0.4) is 0 Å². The molecular formula is C25H29F3N4O2. The van der Waals surface area contributed by atoms with E-state index in [1.165, 1.54) is 12.8 Å². The zero-order valence-electron chi connectivity index (χ0n) is 19.3. The van der Waals surface area contributed by atoms with E-state index in [4.69, 9.17) is 9.47 Å². The van der Waals surface area contributed by atoms with Crippen molar-refractivity contribution in [2.24, 2.45) is 0 Å². The van der Waals surface area contributed by atoms with Crippen LogP contribution in [0.25, 0.3) is 0 Å². The van der Waals surface area contributed by atoms with E-state index < -0.39 is 11.7 Å². The highest BCUT2D eigenvalue weighted by molar-refractivity contribution is 5.64. The van der Waals surface area contributed by atoms with Crippen LogP contribution in [0.2, 0.25) is 0 Å². The van der Waals surface area contributed by atoms with Crippen LogP contribution in [0.5, 0.6) is 11.5 Å². The van der Waals surface area contributed by atoms with Crippen molar-refractivity contribution in [1.82, 2.24) is 9.97 Å². The zero-order chi connectivity index (χ0) is 24.4. The average Bonchev–Trinajstić information content (AvgIpc) is 2.80. The van der Waals surface area contributed by atoms with Gasteiger partial charge < -0.3 is 20.1 Å². The molecule has 0 unspecified atom stereocenters. The Hall–Kier alpha value is -3.49. The second-order valence-corrected chi connectivity index (χ2v) is 7.60.